The second kappa shape index (κ2) is 9.73. The van der Waals surface area contributed by atoms with Gasteiger partial charge >= 0.3 is 6.16 Å². The Labute approximate surface area is 156 Å². The van der Waals surface area contributed by atoms with E-state index in [0.29, 0.717) is 4.90 Å². The Morgan fingerprint density at radius 1 is 1.23 bits per heavy atom. The summed E-state index contributed by atoms with van der Waals surface area (Å²) in [5.74, 6) is 0.0743. The van der Waals surface area contributed by atoms with E-state index < -0.39 is 22.2 Å². The lowest BCUT2D eigenvalue weighted by Crippen LogP contribution is -2.38. The molecule has 6 nitrogen and oxygen atoms in total. The fourth-order valence-electron chi connectivity index (χ4n) is 2.81. The summed E-state index contributed by atoms with van der Waals surface area (Å²) in [7, 11) is -2.45. The molecule has 0 aliphatic carbocycles. The molecular formula is C19H29NO5S. The maximum atomic E-state index is 13.0. The SMILES string of the molecule is CCC(C)[C@@H](/C=C\COC(=O)OC)NS(=O)(=O)c1c(C)cc(C)cc1C. The Balaban J connectivity index is 3.03. The van der Waals surface area contributed by atoms with E-state index in [9.17, 15) is 13.2 Å². The van der Waals surface area contributed by atoms with Crippen molar-refractivity contribution >= 4 is 16.2 Å². The summed E-state index contributed by atoms with van der Waals surface area (Å²) in [6, 6.07) is 3.31. The minimum atomic E-state index is -3.68. The van der Waals surface area contributed by atoms with Crippen LogP contribution < -0.4 is 4.72 Å². The molecule has 0 heterocycles. The highest BCUT2D eigenvalue weighted by atomic mass is 32.2. The van der Waals surface area contributed by atoms with Gasteiger partial charge < -0.3 is 9.47 Å². The number of hydrogen-bond donors (Lipinski definition) is 1. The Kier molecular flexibility index (Phi) is 8.30. The van der Waals surface area contributed by atoms with Crippen LogP contribution in [-0.4, -0.2) is 34.3 Å². The summed E-state index contributed by atoms with van der Waals surface area (Å²) in [6.07, 6.45) is 3.35. The number of methoxy groups -OCH3 is 1. The van der Waals surface area contributed by atoms with E-state index in [-0.39, 0.29) is 12.5 Å². The minimum absolute atomic E-state index is 0.0178. The molecule has 7 heteroatoms. The van der Waals surface area contributed by atoms with Crippen molar-refractivity contribution in [1.29, 1.82) is 0 Å². The second-order valence-corrected chi connectivity index (χ2v) is 8.10. The van der Waals surface area contributed by atoms with E-state index in [1.54, 1.807) is 26.0 Å². The molecule has 0 spiro atoms. The molecule has 146 valence electrons. The predicted molar refractivity (Wildman–Crippen MR) is 102 cm³/mol. The molecule has 1 aromatic rings. The molecule has 0 saturated heterocycles. The Hall–Kier alpha value is -1.86. The summed E-state index contributed by atoms with van der Waals surface area (Å²) in [6.45, 7) is 9.51. The largest absolute Gasteiger partial charge is 0.508 e. The van der Waals surface area contributed by atoms with Crippen LogP contribution in [0.1, 0.15) is 37.0 Å². The number of benzene rings is 1. The molecule has 0 radical (unpaired) electrons. The number of carbonyl (C=O) groups is 1. The van der Waals surface area contributed by atoms with Crippen LogP contribution in [0.15, 0.2) is 29.2 Å². The molecule has 1 rings (SSSR count). The number of sulfonamides is 1. The average Bonchev–Trinajstić information content (AvgIpc) is 2.55. The van der Waals surface area contributed by atoms with E-state index in [0.717, 1.165) is 23.1 Å². The lowest BCUT2D eigenvalue weighted by Gasteiger charge is -2.22. The first-order valence-electron chi connectivity index (χ1n) is 8.60. The van der Waals surface area contributed by atoms with Crippen molar-refractivity contribution in [2.75, 3.05) is 13.7 Å². The van der Waals surface area contributed by atoms with Crippen LogP contribution in [0.2, 0.25) is 0 Å². The van der Waals surface area contributed by atoms with Gasteiger partial charge in [0.2, 0.25) is 10.0 Å². The normalized spacial score (nSPS) is 14.2. The molecule has 1 unspecified atom stereocenters. The Morgan fingerprint density at radius 3 is 2.31 bits per heavy atom. The maximum absolute atomic E-state index is 13.0. The zero-order valence-electron chi connectivity index (χ0n) is 16.3. The molecule has 1 aromatic carbocycles. The highest BCUT2D eigenvalue weighted by Gasteiger charge is 2.25. The zero-order chi connectivity index (χ0) is 19.9. The quantitative estimate of drug-likeness (QED) is 0.547. The van der Waals surface area contributed by atoms with Crippen LogP contribution >= 0.6 is 0 Å². The monoisotopic (exact) mass is 383 g/mol. The standard InChI is InChI=1S/C19H29NO5S/c1-7-14(3)17(9-8-10-25-19(21)24-6)20-26(22,23)18-15(4)11-13(2)12-16(18)5/h8-9,11-12,14,17,20H,7,10H2,1-6H3/b9-8-/t14?,17-/m1/s1. The van der Waals surface area contributed by atoms with Gasteiger partial charge in [0, 0.05) is 6.04 Å². The van der Waals surface area contributed by atoms with Crippen LogP contribution in [0.25, 0.3) is 0 Å². The Morgan fingerprint density at radius 2 is 1.81 bits per heavy atom. The molecule has 0 aliphatic heterocycles. The van der Waals surface area contributed by atoms with Crippen molar-refractivity contribution < 1.29 is 22.7 Å². The van der Waals surface area contributed by atoms with E-state index in [1.807, 2.05) is 32.9 Å². The van der Waals surface area contributed by atoms with Gasteiger partial charge in [-0.15, -0.1) is 0 Å². The van der Waals surface area contributed by atoms with Crippen molar-refractivity contribution in [3.05, 3.63) is 41.0 Å². The molecule has 0 saturated carbocycles. The minimum Gasteiger partial charge on any atom is -0.438 e. The molecule has 0 aliphatic rings. The number of hydrogen-bond acceptors (Lipinski definition) is 5. The van der Waals surface area contributed by atoms with Crippen molar-refractivity contribution in [2.45, 2.75) is 52.0 Å². The third-order valence-corrected chi connectivity index (χ3v) is 5.99. The summed E-state index contributed by atoms with van der Waals surface area (Å²) in [4.78, 5) is 11.3. The second-order valence-electron chi connectivity index (χ2n) is 6.45. The van der Waals surface area contributed by atoms with E-state index in [4.69, 9.17) is 4.74 Å². The van der Waals surface area contributed by atoms with Crippen LogP contribution in [0, 0.1) is 26.7 Å². The van der Waals surface area contributed by atoms with Gasteiger partial charge in [0.1, 0.15) is 6.61 Å². The third-order valence-electron chi connectivity index (χ3n) is 4.23. The molecule has 2 atom stereocenters. The first kappa shape index (κ1) is 22.2. The average molecular weight is 384 g/mol. The molecule has 0 fully saturated rings. The topological polar surface area (TPSA) is 81.7 Å². The van der Waals surface area contributed by atoms with Crippen molar-refractivity contribution in [1.82, 2.24) is 4.72 Å². The van der Waals surface area contributed by atoms with E-state index >= 15 is 0 Å². The summed E-state index contributed by atoms with van der Waals surface area (Å²) >= 11 is 0. The van der Waals surface area contributed by atoms with Crippen LogP contribution in [0.4, 0.5) is 4.79 Å². The van der Waals surface area contributed by atoms with Gasteiger partial charge in [-0.25, -0.2) is 17.9 Å². The van der Waals surface area contributed by atoms with Crippen LogP contribution in [0.3, 0.4) is 0 Å². The van der Waals surface area contributed by atoms with E-state index in [1.165, 1.54) is 7.11 Å². The van der Waals surface area contributed by atoms with Gasteiger partial charge in [0.25, 0.3) is 0 Å². The van der Waals surface area contributed by atoms with Gasteiger partial charge in [-0.1, -0.05) is 44.0 Å². The number of nitrogens with one attached hydrogen (secondary N) is 1. The highest BCUT2D eigenvalue weighted by molar-refractivity contribution is 7.89. The number of carbonyl (C=O) groups excluding carboxylic acids is 1. The third kappa shape index (κ3) is 6.14. The summed E-state index contributed by atoms with van der Waals surface area (Å²) in [5.41, 5.74) is 2.46. The lowest BCUT2D eigenvalue weighted by molar-refractivity contribution is 0.0817. The summed E-state index contributed by atoms with van der Waals surface area (Å²) in [5, 5.41) is 0. The van der Waals surface area contributed by atoms with Crippen molar-refractivity contribution in [3.8, 4) is 0 Å². The summed E-state index contributed by atoms with van der Waals surface area (Å²) < 4.78 is 37.9. The van der Waals surface area contributed by atoms with Gasteiger partial charge in [0.05, 0.1) is 12.0 Å². The zero-order valence-corrected chi connectivity index (χ0v) is 17.1. The predicted octanol–water partition coefficient (Wildman–Crippen LogP) is 3.64. The van der Waals surface area contributed by atoms with Crippen molar-refractivity contribution in [2.24, 2.45) is 5.92 Å². The lowest BCUT2D eigenvalue weighted by atomic mass is 10.00. The molecule has 1 N–H and O–H groups in total. The number of aryl methyl sites for hydroxylation is 3. The number of ether oxygens (including phenoxy) is 2. The molecular weight excluding hydrogens is 354 g/mol. The molecule has 0 aromatic heterocycles. The molecule has 0 bridgehead atoms. The highest BCUT2D eigenvalue weighted by Crippen LogP contribution is 2.23. The Bertz CT molecular complexity index is 732. The van der Waals surface area contributed by atoms with Gasteiger partial charge in [0.15, 0.2) is 0 Å². The van der Waals surface area contributed by atoms with Gasteiger partial charge in [-0.3, -0.25) is 0 Å². The first-order valence-corrected chi connectivity index (χ1v) is 10.1. The van der Waals surface area contributed by atoms with Crippen LogP contribution in [0.5, 0.6) is 0 Å². The van der Waals surface area contributed by atoms with Gasteiger partial charge in [-0.05, 0) is 43.9 Å². The first-order chi connectivity index (χ1) is 12.1. The smallest absolute Gasteiger partial charge is 0.438 e. The molecule has 26 heavy (non-hydrogen) atoms. The fourth-order valence-corrected chi connectivity index (χ4v) is 4.56. The van der Waals surface area contributed by atoms with Gasteiger partial charge in [-0.2, -0.15) is 0 Å². The van der Waals surface area contributed by atoms with Crippen molar-refractivity contribution in [3.63, 3.8) is 0 Å². The fraction of sp³-hybridized carbons (Fsp3) is 0.526. The van der Waals surface area contributed by atoms with E-state index in [2.05, 4.69) is 9.46 Å². The maximum Gasteiger partial charge on any atom is 0.508 e. The van der Waals surface area contributed by atoms with Crippen LogP contribution in [-0.2, 0) is 19.5 Å². The molecule has 0 amide bonds. The number of rotatable bonds is 8.